The number of aromatic nitrogens is 5. The molecule has 4 saturated heterocycles. The fraction of sp³-hybridized carbons (Fsp3) is 0.452. The molecule has 56 heavy (non-hydrogen) atoms. The summed E-state index contributed by atoms with van der Waals surface area (Å²) in [6.07, 6.45) is 12.3. The highest BCUT2D eigenvalue weighted by Crippen LogP contribution is 2.45. The van der Waals surface area contributed by atoms with Gasteiger partial charge in [-0.15, -0.1) is 6.42 Å². The summed E-state index contributed by atoms with van der Waals surface area (Å²) in [5, 5.41) is 5.49. The molecule has 10 rings (SSSR count). The number of piperazine rings is 1. The standard InChI is InChI=1S/C42H40F4N8O2/c1-2-26-28(43)12-10-23-6-3-7-27(33(23)26)36-35(44)37-34-30(49-36)8-4-9-31-29-13-11-24(48-29)20-53(31)40(34)52-41(51-37)56-22-42-16-5-19-54(42)25(14-17-42)21-55-32-15-18-47-39(50-32)38(45)46/h1,3,6-7,10,12,15,18,24-25,29,31,38,48H,4-5,8-9,11,13-14,16-17,19-22H2/t24-,25+,29+,31-,42+/m1/s1. The lowest BCUT2D eigenvalue weighted by molar-refractivity contribution is 0.0675. The number of rotatable bonds is 8. The molecular formula is C42H40F4N8O2. The van der Waals surface area contributed by atoms with Crippen LogP contribution in [-0.2, 0) is 6.42 Å². The first-order valence-electron chi connectivity index (χ1n) is 19.5. The monoisotopic (exact) mass is 764 g/mol. The Morgan fingerprint density at radius 2 is 1.88 bits per heavy atom. The van der Waals surface area contributed by atoms with E-state index in [1.807, 2.05) is 6.07 Å². The minimum atomic E-state index is -2.78. The normalized spacial score (nSPS) is 25.6. The number of alkyl halides is 2. The van der Waals surface area contributed by atoms with Crippen molar-refractivity contribution in [3.05, 3.63) is 71.3 Å². The van der Waals surface area contributed by atoms with Gasteiger partial charge >= 0.3 is 6.01 Å². The molecule has 0 aliphatic carbocycles. The molecule has 14 heteroatoms. The van der Waals surface area contributed by atoms with Crippen LogP contribution in [0.25, 0.3) is 32.9 Å². The number of hydrogen-bond acceptors (Lipinski definition) is 10. The molecule has 5 atom stereocenters. The van der Waals surface area contributed by atoms with Crippen molar-refractivity contribution in [1.29, 1.82) is 0 Å². The molecule has 2 bridgehead atoms. The average Bonchev–Trinajstić information content (AvgIpc) is 3.91. The zero-order valence-corrected chi connectivity index (χ0v) is 30.7. The second-order valence-electron chi connectivity index (χ2n) is 15.8. The Hall–Kier alpha value is -5.13. The van der Waals surface area contributed by atoms with E-state index in [0.29, 0.717) is 51.7 Å². The molecule has 0 unspecified atom stereocenters. The summed E-state index contributed by atoms with van der Waals surface area (Å²) < 4.78 is 71.4. The van der Waals surface area contributed by atoms with Crippen LogP contribution in [0.4, 0.5) is 23.4 Å². The fourth-order valence-electron chi connectivity index (χ4n) is 10.2. The molecule has 1 N–H and O–H groups in total. The molecule has 5 aliphatic heterocycles. The quantitative estimate of drug-likeness (QED) is 0.132. The number of terminal acetylenes is 1. The predicted octanol–water partition coefficient (Wildman–Crippen LogP) is 6.93. The van der Waals surface area contributed by atoms with Crippen LogP contribution in [0, 0.1) is 24.0 Å². The summed E-state index contributed by atoms with van der Waals surface area (Å²) in [5.41, 5.74) is 1.03. The third-order valence-corrected chi connectivity index (χ3v) is 12.7. The number of fused-ring (bicyclic) bond motifs is 7. The predicted molar refractivity (Wildman–Crippen MR) is 202 cm³/mol. The summed E-state index contributed by atoms with van der Waals surface area (Å²) in [6.45, 7) is 2.13. The Bertz CT molecular complexity index is 2410. The van der Waals surface area contributed by atoms with Crippen LogP contribution in [0.5, 0.6) is 11.9 Å². The number of pyridine rings is 1. The minimum absolute atomic E-state index is 0.0289. The number of nitrogens with one attached hydrogen (secondary N) is 1. The zero-order valence-electron chi connectivity index (χ0n) is 30.7. The first-order chi connectivity index (χ1) is 27.3. The van der Waals surface area contributed by atoms with Crippen molar-refractivity contribution < 1.29 is 27.0 Å². The Labute approximate surface area is 321 Å². The second kappa shape index (κ2) is 13.8. The van der Waals surface area contributed by atoms with Gasteiger partial charge in [-0.25, -0.2) is 27.5 Å². The van der Waals surface area contributed by atoms with Gasteiger partial charge in [-0.2, -0.15) is 15.0 Å². The van der Waals surface area contributed by atoms with Crippen molar-refractivity contribution in [1.82, 2.24) is 35.1 Å². The lowest BCUT2D eigenvalue weighted by atomic mass is 9.93. The molecular weight excluding hydrogens is 725 g/mol. The molecule has 8 heterocycles. The van der Waals surface area contributed by atoms with Crippen molar-refractivity contribution in [2.75, 3.05) is 31.2 Å². The first-order valence-corrected chi connectivity index (χ1v) is 19.5. The Balaban J connectivity index is 1.03. The fourth-order valence-corrected chi connectivity index (χ4v) is 10.2. The van der Waals surface area contributed by atoms with Gasteiger partial charge in [0.15, 0.2) is 11.6 Å². The van der Waals surface area contributed by atoms with Crippen molar-refractivity contribution in [2.24, 2.45) is 0 Å². The van der Waals surface area contributed by atoms with Crippen LogP contribution < -0.4 is 19.7 Å². The van der Waals surface area contributed by atoms with E-state index in [0.717, 1.165) is 64.5 Å². The van der Waals surface area contributed by atoms with Gasteiger partial charge in [-0.05, 0) is 75.8 Å². The van der Waals surface area contributed by atoms with Crippen molar-refractivity contribution in [3.8, 4) is 35.5 Å². The maximum atomic E-state index is 17.4. The second-order valence-corrected chi connectivity index (χ2v) is 15.8. The molecule has 0 spiro atoms. The van der Waals surface area contributed by atoms with Crippen LogP contribution in [-0.4, -0.2) is 85.8 Å². The summed E-state index contributed by atoms with van der Waals surface area (Å²) in [5.74, 6) is 1.49. The van der Waals surface area contributed by atoms with E-state index in [9.17, 15) is 8.78 Å². The van der Waals surface area contributed by atoms with E-state index in [1.165, 1.54) is 18.3 Å². The maximum absolute atomic E-state index is 17.4. The number of hydrogen-bond donors (Lipinski definition) is 1. The molecule has 0 amide bonds. The van der Waals surface area contributed by atoms with E-state index >= 15 is 8.78 Å². The van der Waals surface area contributed by atoms with Crippen LogP contribution in [0.2, 0.25) is 0 Å². The number of ether oxygens (including phenoxy) is 2. The number of nitrogens with zero attached hydrogens (tertiary/aromatic N) is 7. The van der Waals surface area contributed by atoms with Gasteiger partial charge in [-0.1, -0.05) is 30.2 Å². The minimum Gasteiger partial charge on any atom is -0.476 e. The van der Waals surface area contributed by atoms with Gasteiger partial charge in [0.2, 0.25) is 5.88 Å². The average molecular weight is 765 g/mol. The molecule has 5 aliphatic rings. The molecule has 3 aromatic heterocycles. The summed E-state index contributed by atoms with van der Waals surface area (Å²) >= 11 is 0. The zero-order chi connectivity index (χ0) is 38.1. The molecule has 2 aromatic carbocycles. The van der Waals surface area contributed by atoms with E-state index in [4.69, 9.17) is 30.8 Å². The Morgan fingerprint density at radius 3 is 2.75 bits per heavy atom. The van der Waals surface area contributed by atoms with Crippen LogP contribution in [0.1, 0.15) is 74.9 Å². The van der Waals surface area contributed by atoms with Gasteiger partial charge in [0, 0.05) is 53.9 Å². The maximum Gasteiger partial charge on any atom is 0.319 e. The van der Waals surface area contributed by atoms with E-state index in [-0.39, 0.29) is 59.5 Å². The van der Waals surface area contributed by atoms with Crippen LogP contribution >= 0.6 is 0 Å². The largest absolute Gasteiger partial charge is 0.476 e. The van der Waals surface area contributed by atoms with Gasteiger partial charge < -0.3 is 19.7 Å². The van der Waals surface area contributed by atoms with Crippen molar-refractivity contribution in [3.63, 3.8) is 0 Å². The highest BCUT2D eigenvalue weighted by Gasteiger charge is 2.50. The van der Waals surface area contributed by atoms with Gasteiger partial charge in [0.05, 0.1) is 22.2 Å². The SMILES string of the molecule is C#Cc1c(F)ccc2cccc(-c3nc4c5c(nc(OC[C@@]67CCCN6[C@H](COc6ccnc(C(F)F)n6)CC7)nc5c3F)N3C[C@H]5CC[C@H](N5)[C@H]3CCC4)c12. The highest BCUT2D eigenvalue weighted by molar-refractivity contribution is 6.02. The highest BCUT2D eigenvalue weighted by atomic mass is 19.3. The lowest BCUT2D eigenvalue weighted by Gasteiger charge is -2.43. The topological polar surface area (TPSA) is 101 Å². The smallest absolute Gasteiger partial charge is 0.319 e. The molecule has 4 fully saturated rings. The summed E-state index contributed by atoms with van der Waals surface area (Å²) in [4.78, 5) is 27.1. The van der Waals surface area contributed by atoms with Gasteiger partial charge in [-0.3, -0.25) is 4.90 Å². The third kappa shape index (κ3) is 5.81. The van der Waals surface area contributed by atoms with E-state index in [2.05, 4.69) is 31.0 Å². The molecule has 10 nitrogen and oxygen atoms in total. The van der Waals surface area contributed by atoms with E-state index in [1.54, 1.807) is 18.2 Å². The van der Waals surface area contributed by atoms with Crippen LogP contribution in [0.15, 0.2) is 42.6 Å². The van der Waals surface area contributed by atoms with Crippen LogP contribution in [0.3, 0.4) is 0 Å². The first kappa shape index (κ1) is 35.3. The molecule has 0 radical (unpaired) electrons. The summed E-state index contributed by atoms with van der Waals surface area (Å²) in [7, 11) is 0. The van der Waals surface area contributed by atoms with Crippen molar-refractivity contribution in [2.45, 2.75) is 93.9 Å². The molecule has 5 aromatic rings. The van der Waals surface area contributed by atoms with Gasteiger partial charge in [0.25, 0.3) is 6.43 Å². The number of aryl methyl sites for hydroxylation is 1. The van der Waals surface area contributed by atoms with Gasteiger partial charge in [0.1, 0.15) is 36.1 Å². The summed E-state index contributed by atoms with van der Waals surface area (Å²) in [6, 6.07) is 10.7. The molecule has 288 valence electrons. The Kier molecular flexibility index (Phi) is 8.70. The van der Waals surface area contributed by atoms with E-state index < -0.39 is 23.9 Å². The Morgan fingerprint density at radius 1 is 0.964 bits per heavy atom. The third-order valence-electron chi connectivity index (χ3n) is 12.7. The number of benzene rings is 2. The number of halogens is 4. The molecule has 0 saturated carbocycles. The number of anilines is 1. The lowest BCUT2D eigenvalue weighted by Crippen LogP contribution is -2.58. The van der Waals surface area contributed by atoms with Crippen molar-refractivity contribution >= 4 is 27.5 Å².